The SMILES string of the molecule is Nc1cccc(C(=O)N2CCS(=O)CC2)n1. The lowest BCUT2D eigenvalue weighted by molar-refractivity contribution is 0.0765. The molecule has 0 atom stereocenters. The quantitative estimate of drug-likeness (QED) is 0.740. The van der Waals surface area contributed by atoms with Crippen LogP contribution in [0.3, 0.4) is 0 Å². The number of nitrogen functional groups attached to an aromatic ring is 1. The Kier molecular flexibility index (Phi) is 3.19. The second kappa shape index (κ2) is 4.61. The van der Waals surface area contributed by atoms with Crippen LogP contribution in [0.5, 0.6) is 0 Å². The zero-order chi connectivity index (χ0) is 11.5. The van der Waals surface area contributed by atoms with Gasteiger partial charge in [-0.2, -0.15) is 0 Å². The maximum absolute atomic E-state index is 12.0. The molecule has 1 aromatic heterocycles. The Morgan fingerprint density at radius 3 is 2.69 bits per heavy atom. The van der Waals surface area contributed by atoms with Crippen molar-refractivity contribution in [2.75, 3.05) is 30.3 Å². The third kappa shape index (κ3) is 2.38. The summed E-state index contributed by atoms with van der Waals surface area (Å²) in [4.78, 5) is 17.6. The molecule has 0 radical (unpaired) electrons. The van der Waals surface area contributed by atoms with Crippen LogP contribution in [-0.4, -0.2) is 44.6 Å². The van der Waals surface area contributed by atoms with Gasteiger partial charge >= 0.3 is 0 Å². The molecule has 1 saturated heterocycles. The normalized spacial score (nSPS) is 17.4. The fourth-order valence-electron chi connectivity index (χ4n) is 1.57. The highest BCUT2D eigenvalue weighted by atomic mass is 32.2. The first-order chi connectivity index (χ1) is 7.66. The van der Waals surface area contributed by atoms with Gasteiger partial charge in [-0.05, 0) is 12.1 Å². The van der Waals surface area contributed by atoms with Crippen molar-refractivity contribution in [3.63, 3.8) is 0 Å². The molecule has 0 bridgehead atoms. The fraction of sp³-hybridized carbons (Fsp3) is 0.400. The third-order valence-corrected chi connectivity index (χ3v) is 3.73. The molecule has 2 rings (SSSR count). The maximum Gasteiger partial charge on any atom is 0.272 e. The Balaban J connectivity index is 2.10. The van der Waals surface area contributed by atoms with Crippen molar-refractivity contribution >= 4 is 22.5 Å². The van der Waals surface area contributed by atoms with Gasteiger partial charge in [-0.1, -0.05) is 6.07 Å². The summed E-state index contributed by atoms with van der Waals surface area (Å²) in [7, 11) is -0.777. The zero-order valence-electron chi connectivity index (χ0n) is 8.76. The molecule has 1 aromatic rings. The van der Waals surface area contributed by atoms with Gasteiger partial charge in [0.2, 0.25) is 0 Å². The van der Waals surface area contributed by atoms with E-state index < -0.39 is 10.8 Å². The maximum atomic E-state index is 12.0. The second-order valence-corrected chi connectivity index (χ2v) is 5.28. The van der Waals surface area contributed by atoms with Gasteiger partial charge in [-0.25, -0.2) is 4.98 Å². The largest absolute Gasteiger partial charge is 0.384 e. The third-order valence-electron chi connectivity index (χ3n) is 2.45. The highest BCUT2D eigenvalue weighted by Gasteiger charge is 2.21. The van der Waals surface area contributed by atoms with Crippen LogP contribution in [0.4, 0.5) is 5.82 Å². The first kappa shape index (κ1) is 11.1. The molecule has 0 spiro atoms. The van der Waals surface area contributed by atoms with Crippen LogP contribution in [0.25, 0.3) is 0 Å². The number of aromatic nitrogens is 1. The lowest BCUT2D eigenvalue weighted by Gasteiger charge is -2.25. The first-order valence-electron chi connectivity index (χ1n) is 5.03. The second-order valence-electron chi connectivity index (χ2n) is 3.59. The summed E-state index contributed by atoms with van der Waals surface area (Å²) in [6.07, 6.45) is 0. The molecule has 5 nitrogen and oxygen atoms in total. The standard InChI is InChI=1S/C10H13N3O2S/c11-9-3-1-2-8(12-9)10(14)13-4-6-16(15)7-5-13/h1-3H,4-7H2,(H2,11,12). The number of pyridine rings is 1. The van der Waals surface area contributed by atoms with Crippen molar-refractivity contribution in [1.29, 1.82) is 0 Å². The zero-order valence-corrected chi connectivity index (χ0v) is 9.57. The van der Waals surface area contributed by atoms with E-state index in [1.807, 2.05) is 0 Å². The molecule has 1 amide bonds. The van der Waals surface area contributed by atoms with Gasteiger partial charge in [0.25, 0.3) is 5.91 Å². The average Bonchev–Trinajstić information content (AvgIpc) is 2.29. The topological polar surface area (TPSA) is 76.3 Å². The Morgan fingerprint density at radius 1 is 1.38 bits per heavy atom. The Morgan fingerprint density at radius 2 is 2.06 bits per heavy atom. The molecule has 0 unspecified atom stereocenters. The van der Waals surface area contributed by atoms with E-state index in [1.165, 1.54) is 0 Å². The van der Waals surface area contributed by atoms with Crippen molar-refractivity contribution < 1.29 is 9.00 Å². The summed E-state index contributed by atoms with van der Waals surface area (Å²) in [5, 5.41) is 0. The average molecular weight is 239 g/mol. The summed E-state index contributed by atoms with van der Waals surface area (Å²) < 4.78 is 11.2. The molecular formula is C10H13N3O2S. The van der Waals surface area contributed by atoms with E-state index in [4.69, 9.17) is 5.73 Å². The van der Waals surface area contributed by atoms with Crippen LogP contribution in [0, 0.1) is 0 Å². The van der Waals surface area contributed by atoms with Gasteiger partial charge in [-0.3, -0.25) is 9.00 Å². The van der Waals surface area contributed by atoms with E-state index >= 15 is 0 Å². The van der Waals surface area contributed by atoms with Crippen LogP contribution in [-0.2, 0) is 10.8 Å². The lowest BCUT2D eigenvalue weighted by atomic mass is 10.3. The molecule has 2 N–H and O–H groups in total. The summed E-state index contributed by atoms with van der Waals surface area (Å²) in [5.41, 5.74) is 5.87. The van der Waals surface area contributed by atoms with Gasteiger partial charge in [0.1, 0.15) is 11.5 Å². The number of anilines is 1. The molecule has 1 fully saturated rings. The fourth-order valence-corrected chi connectivity index (χ4v) is 2.63. The Bertz CT molecular complexity index is 426. The van der Waals surface area contributed by atoms with Crippen LogP contribution in [0.15, 0.2) is 18.2 Å². The molecule has 86 valence electrons. The predicted molar refractivity (Wildman–Crippen MR) is 62.4 cm³/mol. The molecule has 16 heavy (non-hydrogen) atoms. The Hall–Kier alpha value is -1.43. The van der Waals surface area contributed by atoms with Crippen molar-refractivity contribution in [2.45, 2.75) is 0 Å². The van der Waals surface area contributed by atoms with E-state index in [0.717, 1.165) is 0 Å². The Labute approximate surface area is 96.1 Å². The van der Waals surface area contributed by atoms with Gasteiger partial charge in [0.05, 0.1) is 0 Å². The van der Waals surface area contributed by atoms with Crippen molar-refractivity contribution in [3.05, 3.63) is 23.9 Å². The van der Waals surface area contributed by atoms with Gasteiger partial charge < -0.3 is 10.6 Å². The number of hydrogen-bond acceptors (Lipinski definition) is 4. The predicted octanol–water partition coefficient (Wildman–Crippen LogP) is -0.132. The summed E-state index contributed by atoms with van der Waals surface area (Å²) in [6.45, 7) is 1.06. The molecule has 1 aliphatic rings. The summed E-state index contributed by atoms with van der Waals surface area (Å²) in [5.74, 6) is 1.30. The smallest absolute Gasteiger partial charge is 0.272 e. The monoisotopic (exact) mass is 239 g/mol. The lowest BCUT2D eigenvalue weighted by Crippen LogP contribution is -2.42. The summed E-state index contributed by atoms with van der Waals surface area (Å²) in [6, 6.07) is 4.99. The molecule has 0 saturated carbocycles. The van der Waals surface area contributed by atoms with Gasteiger partial charge in [0.15, 0.2) is 0 Å². The van der Waals surface area contributed by atoms with Crippen LogP contribution in [0.1, 0.15) is 10.5 Å². The molecule has 0 aliphatic carbocycles. The summed E-state index contributed by atoms with van der Waals surface area (Å²) >= 11 is 0. The van der Waals surface area contributed by atoms with Gasteiger partial charge in [0, 0.05) is 35.4 Å². The first-order valence-corrected chi connectivity index (χ1v) is 6.52. The molecular weight excluding hydrogens is 226 g/mol. The highest BCUT2D eigenvalue weighted by Crippen LogP contribution is 2.08. The van der Waals surface area contributed by atoms with Crippen LogP contribution < -0.4 is 5.73 Å². The minimum absolute atomic E-state index is 0.135. The molecule has 6 heteroatoms. The molecule has 2 heterocycles. The minimum atomic E-state index is -0.777. The number of rotatable bonds is 1. The van der Waals surface area contributed by atoms with E-state index in [-0.39, 0.29) is 5.91 Å². The number of carbonyl (C=O) groups is 1. The van der Waals surface area contributed by atoms with Crippen molar-refractivity contribution in [2.24, 2.45) is 0 Å². The van der Waals surface area contributed by atoms with Crippen LogP contribution >= 0.6 is 0 Å². The molecule has 1 aliphatic heterocycles. The number of nitrogens with two attached hydrogens (primary N) is 1. The van der Waals surface area contributed by atoms with Gasteiger partial charge in [-0.15, -0.1) is 0 Å². The van der Waals surface area contributed by atoms with E-state index in [9.17, 15) is 9.00 Å². The van der Waals surface area contributed by atoms with Crippen molar-refractivity contribution in [3.8, 4) is 0 Å². The number of nitrogens with zero attached hydrogens (tertiary/aromatic N) is 2. The van der Waals surface area contributed by atoms with E-state index in [1.54, 1.807) is 23.1 Å². The van der Waals surface area contributed by atoms with E-state index in [0.29, 0.717) is 36.1 Å². The van der Waals surface area contributed by atoms with Crippen molar-refractivity contribution in [1.82, 2.24) is 9.88 Å². The highest BCUT2D eigenvalue weighted by molar-refractivity contribution is 7.85. The minimum Gasteiger partial charge on any atom is -0.384 e. The number of carbonyl (C=O) groups excluding carboxylic acids is 1. The van der Waals surface area contributed by atoms with Crippen LogP contribution in [0.2, 0.25) is 0 Å². The van der Waals surface area contributed by atoms with E-state index in [2.05, 4.69) is 4.98 Å². The number of hydrogen-bond donors (Lipinski definition) is 1. The number of amides is 1. The molecule has 0 aromatic carbocycles.